The number of rotatable bonds is 4. The highest BCUT2D eigenvalue weighted by Crippen LogP contribution is 2.15. The van der Waals surface area contributed by atoms with Crippen LogP contribution >= 0.6 is 12.4 Å². The van der Waals surface area contributed by atoms with Crippen molar-refractivity contribution in [1.29, 1.82) is 0 Å². The lowest BCUT2D eigenvalue weighted by Gasteiger charge is -2.11. The average Bonchev–Trinajstić information content (AvgIpc) is 3.00. The average molecular weight is 305 g/mol. The number of halogens is 1. The van der Waals surface area contributed by atoms with Gasteiger partial charge in [-0.1, -0.05) is 30.3 Å². The minimum atomic E-state index is 0. The molecule has 1 aliphatic heterocycles. The predicted octanol–water partition coefficient (Wildman–Crippen LogP) is 3.13. The highest BCUT2D eigenvalue weighted by Gasteiger charge is 2.14. The van der Waals surface area contributed by atoms with Gasteiger partial charge < -0.3 is 10.6 Å². The van der Waals surface area contributed by atoms with E-state index in [0.29, 0.717) is 6.04 Å². The second kappa shape index (κ2) is 7.43. The third kappa shape index (κ3) is 3.96. The molecule has 1 fully saturated rings. The van der Waals surface area contributed by atoms with Crippen LogP contribution in [0, 0.1) is 0 Å². The van der Waals surface area contributed by atoms with Gasteiger partial charge in [0.2, 0.25) is 0 Å². The molecular formula is C17H21ClN2O. The van der Waals surface area contributed by atoms with E-state index in [9.17, 15) is 4.79 Å². The second-order valence-electron chi connectivity index (χ2n) is 5.40. The number of fused-ring (bicyclic) bond motifs is 1. The van der Waals surface area contributed by atoms with Crippen molar-refractivity contribution >= 4 is 29.1 Å². The molecule has 4 heteroatoms. The molecule has 3 nitrogen and oxygen atoms in total. The highest BCUT2D eigenvalue weighted by molar-refractivity contribution is 5.98. The summed E-state index contributed by atoms with van der Waals surface area (Å²) in [5.74, 6) is 0.0220. The van der Waals surface area contributed by atoms with Crippen molar-refractivity contribution in [3.63, 3.8) is 0 Å². The lowest BCUT2D eigenvalue weighted by molar-refractivity contribution is 0.0952. The fourth-order valence-corrected chi connectivity index (χ4v) is 2.80. The Morgan fingerprint density at radius 1 is 1.19 bits per heavy atom. The van der Waals surface area contributed by atoms with Crippen LogP contribution in [-0.4, -0.2) is 25.0 Å². The summed E-state index contributed by atoms with van der Waals surface area (Å²) < 4.78 is 0. The van der Waals surface area contributed by atoms with Gasteiger partial charge in [-0.25, -0.2) is 0 Å². The summed E-state index contributed by atoms with van der Waals surface area (Å²) in [5, 5.41) is 8.73. The Hall–Kier alpha value is -1.58. The van der Waals surface area contributed by atoms with Gasteiger partial charge in [0.15, 0.2) is 0 Å². The molecule has 1 heterocycles. The summed E-state index contributed by atoms with van der Waals surface area (Å²) in [5.41, 5.74) is 0.739. The Morgan fingerprint density at radius 3 is 2.76 bits per heavy atom. The molecule has 0 radical (unpaired) electrons. The molecule has 0 saturated carbocycles. The first-order valence-electron chi connectivity index (χ1n) is 7.33. The molecule has 0 aromatic heterocycles. The van der Waals surface area contributed by atoms with Crippen LogP contribution in [0.1, 0.15) is 29.6 Å². The normalized spacial score (nSPS) is 17.4. The number of benzene rings is 2. The lowest BCUT2D eigenvalue weighted by Crippen LogP contribution is -2.30. The molecule has 1 saturated heterocycles. The van der Waals surface area contributed by atoms with Crippen molar-refractivity contribution in [1.82, 2.24) is 10.6 Å². The molecule has 1 atom stereocenters. The van der Waals surface area contributed by atoms with E-state index in [2.05, 4.69) is 16.7 Å². The molecule has 21 heavy (non-hydrogen) atoms. The zero-order valence-electron chi connectivity index (χ0n) is 12.0. The maximum absolute atomic E-state index is 12.1. The number of nitrogens with one attached hydrogen (secondary N) is 2. The molecule has 3 rings (SSSR count). The summed E-state index contributed by atoms with van der Waals surface area (Å²) in [6, 6.07) is 14.5. The Kier molecular flexibility index (Phi) is 5.59. The number of carbonyl (C=O) groups is 1. The van der Waals surface area contributed by atoms with Crippen molar-refractivity contribution < 1.29 is 4.79 Å². The quantitative estimate of drug-likeness (QED) is 0.911. The van der Waals surface area contributed by atoms with Crippen molar-refractivity contribution in [3.8, 4) is 0 Å². The van der Waals surface area contributed by atoms with Crippen LogP contribution in [0.2, 0.25) is 0 Å². The van der Waals surface area contributed by atoms with Crippen LogP contribution in [0.3, 0.4) is 0 Å². The SMILES string of the molecule is Cl.O=C(NCC[C@H]1CCCN1)c1ccc2ccccc2c1. The van der Waals surface area contributed by atoms with Gasteiger partial charge >= 0.3 is 0 Å². The molecule has 2 aromatic rings. The lowest BCUT2D eigenvalue weighted by atomic mass is 10.1. The molecule has 0 aliphatic carbocycles. The zero-order valence-corrected chi connectivity index (χ0v) is 12.8. The summed E-state index contributed by atoms with van der Waals surface area (Å²) in [6.07, 6.45) is 3.49. The number of amides is 1. The van der Waals surface area contributed by atoms with E-state index >= 15 is 0 Å². The van der Waals surface area contributed by atoms with Gasteiger partial charge in [0.25, 0.3) is 5.91 Å². The maximum Gasteiger partial charge on any atom is 0.251 e. The molecule has 1 amide bonds. The van der Waals surface area contributed by atoms with Crippen LogP contribution in [0.25, 0.3) is 10.8 Å². The third-order valence-corrected chi connectivity index (χ3v) is 3.95. The van der Waals surface area contributed by atoms with Gasteiger partial charge in [0.05, 0.1) is 0 Å². The van der Waals surface area contributed by atoms with Gasteiger partial charge in [-0.05, 0) is 48.7 Å². The van der Waals surface area contributed by atoms with E-state index in [4.69, 9.17) is 0 Å². The largest absolute Gasteiger partial charge is 0.352 e. The number of carbonyl (C=O) groups excluding carboxylic acids is 1. The minimum Gasteiger partial charge on any atom is -0.352 e. The third-order valence-electron chi connectivity index (χ3n) is 3.95. The maximum atomic E-state index is 12.1. The first-order chi connectivity index (χ1) is 9.83. The Bertz CT molecular complexity index is 609. The Labute approximate surface area is 131 Å². The van der Waals surface area contributed by atoms with Crippen LogP contribution in [0.5, 0.6) is 0 Å². The molecular weight excluding hydrogens is 284 g/mol. The second-order valence-corrected chi connectivity index (χ2v) is 5.40. The topological polar surface area (TPSA) is 41.1 Å². The van der Waals surface area contributed by atoms with E-state index < -0.39 is 0 Å². The smallest absolute Gasteiger partial charge is 0.251 e. The Morgan fingerprint density at radius 2 is 2.00 bits per heavy atom. The van der Waals surface area contributed by atoms with Crippen molar-refractivity contribution in [3.05, 3.63) is 48.0 Å². The van der Waals surface area contributed by atoms with E-state index in [1.165, 1.54) is 18.2 Å². The fourth-order valence-electron chi connectivity index (χ4n) is 2.80. The van der Waals surface area contributed by atoms with Crippen LogP contribution in [0.15, 0.2) is 42.5 Å². The molecule has 2 N–H and O–H groups in total. The van der Waals surface area contributed by atoms with Gasteiger partial charge in [0.1, 0.15) is 0 Å². The molecule has 2 aromatic carbocycles. The number of hydrogen-bond acceptors (Lipinski definition) is 2. The van der Waals surface area contributed by atoms with Gasteiger partial charge in [-0.3, -0.25) is 4.79 Å². The molecule has 0 bridgehead atoms. The Balaban J connectivity index is 0.00000161. The van der Waals surface area contributed by atoms with Gasteiger partial charge in [-0.15, -0.1) is 12.4 Å². The summed E-state index contributed by atoms with van der Waals surface area (Å²) in [6.45, 7) is 1.85. The molecule has 1 aliphatic rings. The molecule has 112 valence electrons. The molecule has 0 spiro atoms. The first kappa shape index (κ1) is 15.8. The standard InChI is InChI=1S/C17H20N2O.ClH/c20-17(19-11-9-16-6-3-10-18-16)15-8-7-13-4-1-2-5-14(13)12-15;/h1-2,4-5,7-8,12,16,18H,3,6,9-11H2,(H,19,20);1H/t16-;/m1./s1. The van der Waals surface area contributed by atoms with Crippen LogP contribution in [0.4, 0.5) is 0 Å². The van der Waals surface area contributed by atoms with E-state index in [-0.39, 0.29) is 18.3 Å². The zero-order chi connectivity index (χ0) is 13.8. The summed E-state index contributed by atoms with van der Waals surface area (Å²) >= 11 is 0. The van der Waals surface area contributed by atoms with Gasteiger partial charge in [-0.2, -0.15) is 0 Å². The molecule has 0 unspecified atom stereocenters. The number of hydrogen-bond donors (Lipinski definition) is 2. The monoisotopic (exact) mass is 304 g/mol. The van der Waals surface area contributed by atoms with Crippen molar-refractivity contribution in [2.45, 2.75) is 25.3 Å². The van der Waals surface area contributed by atoms with E-state index in [0.717, 1.165) is 30.5 Å². The first-order valence-corrected chi connectivity index (χ1v) is 7.33. The summed E-state index contributed by atoms with van der Waals surface area (Å²) in [7, 11) is 0. The predicted molar refractivity (Wildman–Crippen MR) is 89.2 cm³/mol. The van der Waals surface area contributed by atoms with Crippen molar-refractivity contribution in [2.75, 3.05) is 13.1 Å². The fraction of sp³-hybridized carbons (Fsp3) is 0.353. The van der Waals surface area contributed by atoms with Crippen LogP contribution in [-0.2, 0) is 0 Å². The van der Waals surface area contributed by atoms with Crippen LogP contribution < -0.4 is 10.6 Å². The van der Waals surface area contributed by atoms with Crippen molar-refractivity contribution in [2.24, 2.45) is 0 Å². The summed E-state index contributed by atoms with van der Waals surface area (Å²) in [4.78, 5) is 12.1. The van der Waals surface area contributed by atoms with E-state index in [1.807, 2.05) is 36.4 Å². The minimum absolute atomic E-state index is 0. The highest BCUT2D eigenvalue weighted by atomic mass is 35.5. The van der Waals surface area contributed by atoms with Gasteiger partial charge in [0, 0.05) is 18.2 Å². The van der Waals surface area contributed by atoms with E-state index in [1.54, 1.807) is 0 Å².